The van der Waals surface area contributed by atoms with Crippen LogP contribution in [0.1, 0.15) is 5.76 Å². The predicted molar refractivity (Wildman–Crippen MR) is 44.9 cm³/mol. The zero-order valence-electron chi connectivity index (χ0n) is 6.12. The number of aliphatic hydroxyl groups excluding tert-OH is 1. The van der Waals surface area contributed by atoms with Gasteiger partial charge in [0.15, 0.2) is 5.76 Å². The standard InChI is InChI=1S/C8H6ClNO2/c9-5-1-2-6-7(3-5)10-12-8(6)4-11/h1-3,11H,4H2. The lowest BCUT2D eigenvalue weighted by Gasteiger charge is -1.89. The van der Waals surface area contributed by atoms with Crippen molar-refractivity contribution in [1.82, 2.24) is 5.16 Å². The highest BCUT2D eigenvalue weighted by molar-refractivity contribution is 6.31. The molecule has 0 aliphatic heterocycles. The lowest BCUT2D eigenvalue weighted by molar-refractivity contribution is 0.232. The Kier molecular flexibility index (Phi) is 1.75. The van der Waals surface area contributed by atoms with Gasteiger partial charge in [0.25, 0.3) is 0 Å². The molecule has 0 bridgehead atoms. The van der Waals surface area contributed by atoms with Crippen molar-refractivity contribution in [3.63, 3.8) is 0 Å². The van der Waals surface area contributed by atoms with E-state index in [1.54, 1.807) is 18.2 Å². The molecule has 2 rings (SSSR count). The summed E-state index contributed by atoms with van der Waals surface area (Å²) in [4.78, 5) is 0. The topological polar surface area (TPSA) is 46.3 Å². The van der Waals surface area contributed by atoms with Gasteiger partial charge in [-0.05, 0) is 18.2 Å². The summed E-state index contributed by atoms with van der Waals surface area (Å²) >= 11 is 5.73. The Hall–Kier alpha value is -1.06. The summed E-state index contributed by atoms with van der Waals surface area (Å²) in [5.41, 5.74) is 0.673. The molecule has 1 aromatic carbocycles. The Morgan fingerprint density at radius 1 is 1.50 bits per heavy atom. The zero-order chi connectivity index (χ0) is 8.55. The summed E-state index contributed by atoms with van der Waals surface area (Å²) in [6, 6.07) is 5.21. The SMILES string of the molecule is OCc1onc2cc(Cl)ccc12. The van der Waals surface area contributed by atoms with Gasteiger partial charge in [0.2, 0.25) is 0 Å². The Balaban J connectivity index is 2.73. The van der Waals surface area contributed by atoms with Crippen molar-refractivity contribution in [1.29, 1.82) is 0 Å². The van der Waals surface area contributed by atoms with Crippen LogP contribution >= 0.6 is 11.6 Å². The van der Waals surface area contributed by atoms with Gasteiger partial charge in [-0.3, -0.25) is 0 Å². The Morgan fingerprint density at radius 3 is 3.08 bits per heavy atom. The molecule has 0 radical (unpaired) electrons. The number of nitrogens with zero attached hydrogens (tertiary/aromatic N) is 1. The number of benzene rings is 1. The van der Waals surface area contributed by atoms with Crippen LogP contribution in [-0.4, -0.2) is 10.3 Å². The first kappa shape index (κ1) is 7.58. The van der Waals surface area contributed by atoms with Crippen LogP contribution in [0.15, 0.2) is 22.7 Å². The first-order valence-corrected chi connectivity index (χ1v) is 3.84. The largest absolute Gasteiger partial charge is 0.388 e. The molecule has 0 spiro atoms. The summed E-state index contributed by atoms with van der Waals surface area (Å²) < 4.78 is 4.86. The van der Waals surface area contributed by atoms with E-state index in [1.807, 2.05) is 0 Å². The van der Waals surface area contributed by atoms with Gasteiger partial charge in [-0.15, -0.1) is 0 Å². The maximum atomic E-state index is 8.83. The fourth-order valence-electron chi connectivity index (χ4n) is 1.08. The van der Waals surface area contributed by atoms with Gasteiger partial charge in [-0.2, -0.15) is 0 Å². The van der Waals surface area contributed by atoms with Crippen molar-refractivity contribution in [2.45, 2.75) is 6.61 Å². The molecular formula is C8H6ClNO2. The minimum Gasteiger partial charge on any atom is -0.388 e. The van der Waals surface area contributed by atoms with Crippen molar-refractivity contribution in [2.24, 2.45) is 0 Å². The van der Waals surface area contributed by atoms with E-state index in [-0.39, 0.29) is 6.61 Å². The molecule has 12 heavy (non-hydrogen) atoms. The minimum atomic E-state index is -0.141. The summed E-state index contributed by atoms with van der Waals surface area (Å²) in [6.07, 6.45) is 0. The maximum absolute atomic E-state index is 8.83. The molecule has 3 nitrogen and oxygen atoms in total. The van der Waals surface area contributed by atoms with Crippen molar-refractivity contribution in [2.75, 3.05) is 0 Å². The van der Waals surface area contributed by atoms with E-state index in [0.29, 0.717) is 16.3 Å². The van der Waals surface area contributed by atoms with Crippen LogP contribution in [0.25, 0.3) is 10.9 Å². The second-order valence-corrected chi connectivity index (χ2v) is 2.86. The van der Waals surface area contributed by atoms with Crippen LogP contribution in [0, 0.1) is 0 Å². The molecule has 0 saturated heterocycles. The van der Waals surface area contributed by atoms with E-state index in [4.69, 9.17) is 21.2 Å². The minimum absolute atomic E-state index is 0.141. The van der Waals surface area contributed by atoms with Gasteiger partial charge < -0.3 is 9.63 Å². The van der Waals surface area contributed by atoms with Crippen LogP contribution in [-0.2, 0) is 6.61 Å². The van der Waals surface area contributed by atoms with Gasteiger partial charge in [-0.25, -0.2) is 0 Å². The number of rotatable bonds is 1. The van der Waals surface area contributed by atoms with Crippen LogP contribution in [0.3, 0.4) is 0 Å². The van der Waals surface area contributed by atoms with Crippen LogP contribution < -0.4 is 0 Å². The molecule has 1 N–H and O–H groups in total. The fraction of sp³-hybridized carbons (Fsp3) is 0.125. The van der Waals surface area contributed by atoms with Crippen LogP contribution in [0.4, 0.5) is 0 Å². The molecule has 1 heterocycles. The number of aromatic nitrogens is 1. The average Bonchev–Trinajstić information content (AvgIpc) is 2.46. The van der Waals surface area contributed by atoms with E-state index in [9.17, 15) is 0 Å². The lowest BCUT2D eigenvalue weighted by atomic mass is 10.2. The van der Waals surface area contributed by atoms with Gasteiger partial charge in [0.1, 0.15) is 12.1 Å². The number of aliphatic hydroxyl groups is 1. The van der Waals surface area contributed by atoms with Crippen molar-refractivity contribution in [3.8, 4) is 0 Å². The average molecular weight is 184 g/mol. The van der Waals surface area contributed by atoms with Crippen LogP contribution in [0.5, 0.6) is 0 Å². The molecule has 0 aliphatic carbocycles. The molecule has 0 fully saturated rings. The number of fused-ring (bicyclic) bond motifs is 1. The molecule has 4 heteroatoms. The van der Waals surface area contributed by atoms with Crippen molar-refractivity contribution < 1.29 is 9.63 Å². The molecule has 0 atom stereocenters. The third-order valence-corrected chi connectivity index (χ3v) is 1.89. The molecular weight excluding hydrogens is 178 g/mol. The van der Waals surface area contributed by atoms with Gasteiger partial charge in [0.05, 0.1) is 0 Å². The highest BCUT2D eigenvalue weighted by Gasteiger charge is 2.06. The summed E-state index contributed by atoms with van der Waals surface area (Å²) in [6.45, 7) is -0.141. The molecule has 0 aliphatic rings. The smallest absolute Gasteiger partial charge is 0.169 e. The maximum Gasteiger partial charge on any atom is 0.169 e. The quantitative estimate of drug-likeness (QED) is 0.735. The first-order valence-electron chi connectivity index (χ1n) is 3.46. The van der Waals surface area contributed by atoms with E-state index in [1.165, 1.54) is 0 Å². The van der Waals surface area contributed by atoms with Gasteiger partial charge >= 0.3 is 0 Å². The zero-order valence-corrected chi connectivity index (χ0v) is 6.88. The summed E-state index contributed by atoms with van der Waals surface area (Å²) in [7, 11) is 0. The number of halogens is 1. The van der Waals surface area contributed by atoms with E-state index >= 15 is 0 Å². The van der Waals surface area contributed by atoms with Crippen molar-refractivity contribution in [3.05, 3.63) is 29.0 Å². The second kappa shape index (κ2) is 2.77. The molecule has 1 aromatic heterocycles. The van der Waals surface area contributed by atoms with E-state index in [2.05, 4.69) is 5.16 Å². The second-order valence-electron chi connectivity index (χ2n) is 2.43. The van der Waals surface area contributed by atoms with E-state index in [0.717, 1.165) is 5.39 Å². The number of hydrogen-bond donors (Lipinski definition) is 1. The Bertz CT molecular complexity index is 410. The molecule has 0 unspecified atom stereocenters. The molecule has 0 amide bonds. The Morgan fingerprint density at radius 2 is 2.33 bits per heavy atom. The molecule has 2 aromatic rings. The van der Waals surface area contributed by atoms with E-state index < -0.39 is 0 Å². The van der Waals surface area contributed by atoms with Crippen LogP contribution in [0.2, 0.25) is 5.02 Å². The van der Waals surface area contributed by atoms with Crippen molar-refractivity contribution >= 4 is 22.5 Å². The summed E-state index contributed by atoms with van der Waals surface area (Å²) in [5.74, 6) is 0.474. The third-order valence-electron chi connectivity index (χ3n) is 1.66. The third kappa shape index (κ3) is 1.07. The van der Waals surface area contributed by atoms with Gasteiger partial charge in [-0.1, -0.05) is 16.8 Å². The first-order chi connectivity index (χ1) is 5.81. The number of hydrogen-bond acceptors (Lipinski definition) is 3. The lowest BCUT2D eigenvalue weighted by Crippen LogP contribution is -1.77. The highest BCUT2D eigenvalue weighted by atomic mass is 35.5. The normalized spacial score (nSPS) is 10.8. The Labute approximate surface area is 73.5 Å². The summed E-state index contributed by atoms with van der Waals surface area (Å²) in [5, 5.41) is 14.0. The van der Waals surface area contributed by atoms with Gasteiger partial charge in [0, 0.05) is 10.4 Å². The molecule has 62 valence electrons. The fourth-order valence-corrected chi connectivity index (χ4v) is 1.25. The monoisotopic (exact) mass is 183 g/mol. The highest BCUT2D eigenvalue weighted by Crippen LogP contribution is 2.21. The molecule has 0 saturated carbocycles. The predicted octanol–water partition coefficient (Wildman–Crippen LogP) is 1.97.